The summed E-state index contributed by atoms with van der Waals surface area (Å²) in [6.07, 6.45) is 0.750. The number of amides is 2. The van der Waals surface area contributed by atoms with E-state index in [4.69, 9.17) is 9.47 Å². The van der Waals surface area contributed by atoms with Crippen LogP contribution in [0.2, 0.25) is 0 Å². The molecule has 0 aliphatic carbocycles. The molecule has 2 amide bonds. The lowest BCUT2D eigenvalue weighted by Crippen LogP contribution is -2.52. The molecule has 1 heterocycles. The zero-order chi connectivity index (χ0) is 19.1. The Morgan fingerprint density at radius 1 is 1.00 bits per heavy atom. The minimum absolute atomic E-state index is 0.00445. The number of nitrogens with one attached hydrogen (secondary N) is 1. The van der Waals surface area contributed by atoms with Crippen LogP contribution in [-0.4, -0.2) is 57.9 Å². The lowest BCUT2D eigenvalue weighted by Gasteiger charge is -2.36. The summed E-state index contributed by atoms with van der Waals surface area (Å²) in [5.74, 6) is 1.71. The van der Waals surface area contributed by atoms with Crippen molar-refractivity contribution in [3.8, 4) is 11.5 Å². The molecule has 3 rings (SSSR count). The minimum atomic E-state index is -0.00445. The molecule has 0 radical (unpaired) electrons. The Morgan fingerprint density at radius 3 is 2.52 bits per heavy atom. The van der Waals surface area contributed by atoms with Crippen LogP contribution in [0.5, 0.6) is 11.5 Å². The summed E-state index contributed by atoms with van der Waals surface area (Å²) >= 11 is 0. The number of hydrogen-bond donors (Lipinski definition) is 1. The normalized spacial score (nSPS) is 14.0. The molecular formula is C21H27N3O3. The molecule has 1 aliphatic heterocycles. The summed E-state index contributed by atoms with van der Waals surface area (Å²) in [4.78, 5) is 16.6. The van der Waals surface area contributed by atoms with E-state index in [2.05, 4.69) is 16.3 Å². The third kappa shape index (κ3) is 4.84. The molecule has 6 nitrogen and oxygen atoms in total. The molecule has 1 N–H and O–H groups in total. The minimum Gasteiger partial charge on any atom is -0.497 e. The van der Waals surface area contributed by atoms with Gasteiger partial charge in [0.25, 0.3) is 0 Å². The van der Waals surface area contributed by atoms with E-state index in [0.29, 0.717) is 19.6 Å². The first-order valence-electron chi connectivity index (χ1n) is 9.25. The first-order chi connectivity index (χ1) is 13.2. The van der Waals surface area contributed by atoms with Crippen molar-refractivity contribution in [2.45, 2.75) is 6.42 Å². The number of methoxy groups -OCH3 is 2. The van der Waals surface area contributed by atoms with Crippen LogP contribution in [0.15, 0.2) is 48.5 Å². The van der Waals surface area contributed by atoms with Crippen LogP contribution >= 0.6 is 0 Å². The van der Waals surface area contributed by atoms with Crippen LogP contribution in [0.1, 0.15) is 5.56 Å². The highest BCUT2D eigenvalue weighted by molar-refractivity contribution is 5.74. The smallest absolute Gasteiger partial charge is 0.317 e. The van der Waals surface area contributed by atoms with Crippen molar-refractivity contribution in [1.29, 1.82) is 0 Å². The lowest BCUT2D eigenvalue weighted by molar-refractivity contribution is 0.194. The number of para-hydroxylation sites is 1. The number of benzene rings is 2. The number of rotatable bonds is 6. The van der Waals surface area contributed by atoms with E-state index in [1.165, 1.54) is 0 Å². The van der Waals surface area contributed by atoms with Crippen LogP contribution in [0.25, 0.3) is 0 Å². The Labute approximate surface area is 160 Å². The fraction of sp³-hybridized carbons (Fsp3) is 0.381. The van der Waals surface area contributed by atoms with Crippen LogP contribution in [0, 0.1) is 0 Å². The summed E-state index contributed by atoms with van der Waals surface area (Å²) in [7, 11) is 3.34. The van der Waals surface area contributed by atoms with Gasteiger partial charge in [-0.3, -0.25) is 0 Å². The summed E-state index contributed by atoms with van der Waals surface area (Å²) in [6.45, 7) is 3.63. The number of carbonyl (C=O) groups excluding carboxylic acids is 1. The van der Waals surface area contributed by atoms with E-state index in [9.17, 15) is 4.79 Å². The molecule has 2 aromatic rings. The van der Waals surface area contributed by atoms with Gasteiger partial charge < -0.3 is 24.6 Å². The average Bonchev–Trinajstić information content (AvgIpc) is 2.74. The predicted octanol–water partition coefficient (Wildman–Crippen LogP) is 2.78. The number of ether oxygens (including phenoxy) is 2. The number of hydrogen-bond acceptors (Lipinski definition) is 4. The van der Waals surface area contributed by atoms with E-state index in [1.807, 2.05) is 47.4 Å². The van der Waals surface area contributed by atoms with Gasteiger partial charge in [-0.15, -0.1) is 0 Å². The van der Waals surface area contributed by atoms with Gasteiger partial charge in [0, 0.05) is 44.5 Å². The van der Waals surface area contributed by atoms with Crippen LogP contribution in [0.3, 0.4) is 0 Å². The Kier molecular flexibility index (Phi) is 6.41. The first-order valence-corrected chi connectivity index (χ1v) is 9.25. The van der Waals surface area contributed by atoms with Crippen LogP contribution in [0.4, 0.5) is 10.5 Å². The van der Waals surface area contributed by atoms with E-state index in [1.54, 1.807) is 14.2 Å². The summed E-state index contributed by atoms with van der Waals surface area (Å²) in [6, 6.07) is 15.9. The highest BCUT2D eigenvalue weighted by Crippen LogP contribution is 2.22. The van der Waals surface area contributed by atoms with Crippen molar-refractivity contribution in [3.05, 3.63) is 54.1 Å². The predicted molar refractivity (Wildman–Crippen MR) is 107 cm³/mol. The quantitative estimate of drug-likeness (QED) is 0.851. The van der Waals surface area contributed by atoms with Gasteiger partial charge in [0.1, 0.15) is 11.5 Å². The van der Waals surface area contributed by atoms with Crippen molar-refractivity contribution in [2.24, 2.45) is 0 Å². The van der Waals surface area contributed by atoms with Gasteiger partial charge in [0.15, 0.2) is 0 Å². The van der Waals surface area contributed by atoms with Gasteiger partial charge >= 0.3 is 6.03 Å². The molecule has 2 aromatic carbocycles. The number of nitrogens with zero attached hydrogens (tertiary/aromatic N) is 2. The fourth-order valence-corrected chi connectivity index (χ4v) is 3.30. The fourth-order valence-electron chi connectivity index (χ4n) is 3.30. The van der Waals surface area contributed by atoms with Gasteiger partial charge in [-0.2, -0.15) is 0 Å². The molecule has 1 fully saturated rings. The van der Waals surface area contributed by atoms with E-state index < -0.39 is 0 Å². The summed E-state index contributed by atoms with van der Waals surface area (Å²) in [5, 5.41) is 3.02. The standard InChI is InChI=1S/C21H27N3O3/c1-26-19-8-5-7-18(16-19)23-12-14-24(15-13-23)21(25)22-11-10-17-6-3-4-9-20(17)27-2/h3-9,16H,10-15H2,1-2H3,(H,22,25). The summed E-state index contributed by atoms with van der Waals surface area (Å²) in [5.41, 5.74) is 2.23. The maximum absolute atomic E-state index is 12.4. The topological polar surface area (TPSA) is 54.0 Å². The molecule has 6 heteroatoms. The molecule has 0 atom stereocenters. The molecule has 0 saturated carbocycles. The van der Waals surface area contributed by atoms with Gasteiger partial charge in [0.2, 0.25) is 0 Å². The summed E-state index contributed by atoms with van der Waals surface area (Å²) < 4.78 is 10.6. The Bertz CT molecular complexity index is 758. The Balaban J connectivity index is 1.45. The number of urea groups is 1. The second-order valence-electron chi connectivity index (χ2n) is 6.47. The van der Waals surface area contributed by atoms with Crippen molar-refractivity contribution >= 4 is 11.7 Å². The monoisotopic (exact) mass is 369 g/mol. The second-order valence-corrected chi connectivity index (χ2v) is 6.47. The maximum Gasteiger partial charge on any atom is 0.317 e. The largest absolute Gasteiger partial charge is 0.497 e. The molecule has 144 valence electrons. The van der Waals surface area contributed by atoms with Gasteiger partial charge in [-0.1, -0.05) is 24.3 Å². The third-order valence-corrected chi connectivity index (χ3v) is 4.85. The zero-order valence-corrected chi connectivity index (χ0v) is 16.0. The molecule has 0 unspecified atom stereocenters. The van der Waals surface area contributed by atoms with Gasteiger partial charge in [0.05, 0.1) is 14.2 Å². The van der Waals surface area contributed by atoms with Crippen molar-refractivity contribution in [1.82, 2.24) is 10.2 Å². The van der Waals surface area contributed by atoms with Gasteiger partial charge in [-0.05, 0) is 30.2 Å². The van der Waals surface area contributed by atoms with Crippen LogP contribution in [-0.2, 0) is 6.42 Å². The maximum atomic E-state index is 12.4. The third-order valence-electron chi connectivity index (χ3n) is 4.85. The lowest BCUT2D eigenvalue weighted by atomic mass is 10.1. The Hall–Kier alpha value is -2.89. The molecular weight excluding hydrogens is 342 g/mol. The number of carbonyl (C=O) groups is 1. The number of piperazine rings is 1. The van der Waals surface area contributed by atoms with E-state index in [0.717, 1.165) is 42.3 Å². The highest BCUT2D eigenvalue weighted by Gasteiger charge is 2.21. The van der Waals surface area contributed by atoms with Gasteiger partial charge in [-0.25, -0.2) is 4.79 Å². The van der Waals surface area contributed by atoms with Crippen molar-refractivity contribution in [2.75, 3.05) is 51.8 Å². The number of anilines is 1. The second kappa shape index (κ2) is 9.16. The molecule has 27 heavy (non-hydrogen) atoms. The molecule has 1 aliphatic rings. The molecule has 0 spiro atoms. The highest BCUT2D eigenvalue weighted by atomic mass is 16.5. The molecule has 0 aromatic heterocycles. The van der Waals surface area contributed by atoms with E-state index in [-0.39, 0.29) is 6.03 Å². The average molecular weight is 369 g/mol. The Morgan fingerprint density at radius 2 is 1.78 bits per heavy atom. The van der Waals surface area contributed by atoms with Crippen LogP contribution < -0.4 is 19.7 Å². The van der Waals surface area contributed by atoms with Crippen molar-refractivity contribution < 1.29 is 14.3 Å². The first kappa shape index (κ1) is 18.9. The zero-order valence-electron chi connectivity index (χ0n) is 16.0. The molecule has 0 bridgehead atoms. The van der Waals surface area contributed by atoms with E-state index >= 15 is 0 Å². The molecule has 1 saturated heterocycles. The van der Waals surface area contributed by atoms with Crippen molar-refractivity contribution in [3.63, 3.8) is 0 Å². The SMILES string of the molecule is COc1cccc(N2CCN(C(=O)NCCc3ccccc3OC)CC2)c1.